The molecule has 1 aromatic carbocycles. The minimum absolute atomic E-state index is 0.0890. The first kappa shape index (κ1) is 14.5. The maximum atomic E-state index is 9.29. The molecule has 1 aromatic heterocycles. The highest BCUT2D eigenvalue weighted by Crippen LogP contribution is 2.22. The van der Waals surface area contributed by atoms with E-state index < -0.39 is 0 Å². The lowest BCUT2D eigenvalue weighted by molar-refractivity contribution is 0.475. The molecule has 0 fully saturated rings. The maximum Gasteiger partial charge on any atom is 0.156 e. The standard InChI is InChI=1S/C15H22N4O/c1-15(2,3)14-17-13(19(4)18-14)12(16)9-10-5-7-11(20)8-6-10/h5-8,12,20H,9,16H2,1-4H3. The second-order valence-corrected chi connectivity index (χ2v) is 6.14. The number of benzene rings is 1. The fourth-order valence-corrected chi connectivity index (χ4v) is 2.01. The van der Waals surface area contributed by atoms with Gasteiger partial charge in [-0.3, -0.25) is 4.68 Å². The Morgan fingerprint density at radius 3 is 2.35 bits per heavy atom. The quantitative estimate of drug-likeness (QED) is 0.898. The Balaban J connectivity index is 2.19. The number of aromatic nitrogens is 3. The zero-order valence-corrected chi connectivity index (χ0v) is 12.5. The van der Waals surface area contributed by atoms with Crippen LogP contribution in [0.25, 0.3) is 0 Å². The van der Waals surface area contributed by atoms with E-state index in [1.807, 2.05) is 19.2 Å². The van der Waals surface area contributed by atoms with E-state index in [4.69, 9.17) is 5.73 Å². The molecule has 3 N–H and O–H groups in total. The van der Waals surface area contributed by atoms with Crippen molar-refractivity contribution in [3.63, 3.8) is 0 Å². The summed E-state index contributed by atoms with van der Waals surface area (Å²) < 4.78 is 1.76. The topological polar surface area (TPSA) is 77.0 Å². The molecule has 2 aromatic rings. The molecule has 2 rings (SSSR count). The predicted molar refractivity (Wildman–Crippen MR) is 78.4 cm³/mol. The van der Waals surface area contributed by atoms with Crippen molar-refractivity contribution < 1.29 is 5.11 Å². The molecule has 1 heterocycles. The Labute approximate surface area is 119 Å². The first-order valence-electron chi connectivity index (χ1n) is 6.72. The van der Waals surface area contributed by atoms with E-state index in [-0.39, 0.29) is 17.2 Å². The second-order valence-electron chi connectivity index (χ2n) is 6.14. The van der Waals surface area contributed by atoms with Crippen LogP contribution in [0.2, 0.25) is 0 Å². The number of nitrogens with two attached hydrogens (primary N) is 1. The average Bonchev–Trinajstić information content (AvgIpc) is 2.74. The SMILES string of the molecule is Cn1nc(C(C)(C)C)nc1C(N)Cc1ccc(O)cc1. The van der Waals surface area contributed by atoms with Gasteiger partial charge in [-0.1, -0.05) is 32.9 Å². The van der Waals surface area contributed by atoms with Gasteiger partial charge >= 0.3 is 0 Å². The van der Waals surface area contributed by atoms with Crippen LogP contribution in [0.3, 0.4) is 0 Å². The normalized spacial score (nSPS) is 13.4. The van der Waals surface area contributed by atoms with Crippen LogP contribution in [0.4, 0.5) is 0 Å². The van der Waals surface area contributed by atoms with Gasteiger partial charge in [0.25, 0.3) is 0 Å². The lowest BCUT2D eigenvalue weighted by Gasteiger charge is -2.12. The highest BCUT2D eigenvalue weighted by molar-refractivity contribution is 5.27. The van der Waals surface area contributed by atoms with Crippen molar-refractivity contribution in [1.82, 2.24) is 14.8 Å². The summed E-state index contributed by atoms with van der Waals surface area (Å²) >= 11 is 0. The third kappa shape index (κ3) is 3.17. The molecule has 5 heteroatoms. The van der Waals surface area contributed by atoms with Gasteiger partial charge in [-0.25, -0.2) is 4.98 Å². The summed E-state index contributed by atoms with van der Waals surface area (Å²) in [5.41, 5.74) is 7.21. The lowest BCUT2D eigenvalue weighted by Crippen LogP contribution is -2.18. The van der Waals surface area contributed by atoms with Crippen LogP contribution in [0.1, 0.15) is 44.0 Å². The van der Waals surface area contributed by atoms with E-state index in [0.717, 1.165) is 17.2 Å². The molecule has 0 aliphatic carbocycles. The summed E-state index contributed by atoms with van der Waals surface area (Å²) in [7, 11) is 1.87. The number of phenolic OH excluding ortho intramolecular Hbond substituents is 1. The van der Waals surface area contributed by atoms with Crippen LogP contribution in [-0.4, -0.2) is 19.9 Å². The Kier molecular flexibility index (Phi) is 3.81. The van der Waals surface area contributed by atoms with E-state index in [1.165, 1.54) is 0 Å². The summed E-state index contributed by atoms with van der Waals surface area (Å²) in [6.07, 6.45) is 0.663. The second kappa shape index (κ2) is 5.25. The number of rotatable bonds is 3. The van der Waals surface area contributed by atoms with Gasteiger partial charge in [0.15, 0.2) is 5.82 Å². The summed E-state index contributed by atoms with van der Waals surface area (Å²) in [4.78, 5) is 4.57. The highest BCUT2D eigenvalue weighted by Gasteiger charge is 2.23. The van der Waals surface area contributed by atoms with E-state index in [2.05, 4.69) is 30.9 Å². The van der Waals surface area contributed by atoms with E-state index >= 15 is 0 Å². The first-order chi connectivity index (χ1) is 9.27. The minimum atomic E-state index is -0.215. The van der Waals surface area contributed by atoms with Gasteiger partial charge in [0.05, 0.1) is 6.04 Å². The number of aromatic hydroxyl groups is 1. The number of aryl methyl sites for hydroxylation is 1. The summed E-state index contributed by atoms with van der Waals surface area (Å²) in [6.45, 7) is 6.24. The molecule has 20 heavy (non-hydrogen) atoms. The number of hydrogen-bond donors (Lipinski definition) is 2. The molecule has 0 bridgehead atoms. The van der Waals surface area contributed by atoms with Gasteiger partial charge in [0.2, 0.25) is 0 Å². The molecule has 0 aliphatic heterocycles. The monoisotopic (exact) mass is 274 g/mol. The molecule has 0 saturated heterocycles. The van der Waals surface area contributed by atoms with Gasteiger partial charge in [-0.15, -0.1) is 0 Å². The molecular weight excluding hydrogens is 252 g/mol. The zero-order chi connectivity index (χ0) is 14.9. The Hall–Kier alpha value is -1.88. The fourth-order valence-electron chi connectivity index (χ4n) is 2.01. The summed E-state index contributed by atoms with van der Waals surface area (Å²) in [6, 6.07) is 6.86. The van der Waals surface area contributed by atoms with Crippen LogP contribution in [0, 0.1) is 0 Å². The first-order valence-corrected chi connectivity index (χ1v) is 6.72. The maximum absolute atomic E-state index is 9.29. The molecule has 5 nitrogen and oxygen atoms in total. The van der Waals surface area contributed by atoms with Crippen LogP contribution >= 0.6 is 0 Å². The largest absolute Gasteiger partial charge is 0.508 e. The molecular formula is C15H22N4O. The molecule has 1 unspecified atom stereocenters. The van der Waals surface area contributed by atoms with Crippen LogP contribution in [0.15, 0.2) is 24.3 Å². The Morgan fingerprint density at radius 2 is 1.85 bits per heavy atom. The van der Waals surface area contributed by atoms with Crippen molar-refractivity contribution in [3.8, 4) is 5.75 Å². The summed E-state index contributed by atoms with van der Waals surface area (Å²) in [5.74, 6) is 1.84. The zero-order valence-electron chi connectivity index (χ0n) is 12.5. The molecule has 1 atom stereocenters. The third-order valence-electron chi connectivity index (χ3n) is 3.19. The number of phenols is 1. The van der Waals surface area contributed by atoms with Gasteiger partial charge in [0.1, 0.15) is 11.6 Å². The van der Waals surface area contributed by atoms with Crippen LogP contribution in [-0.2, 0) is 18.9 Å². The van der Waals surface area contributed by atoms with Crippen molar-refractivity contribution in [2.75, 3.05) is 0 Å². The Morgan fingerprint density at radius 1 is 1.25 bits per heavy atom. The third-order valence-corrected chi connectivity index (χ3v) is 3.19. The van der Waals surface area contributed by atoms with E-state index in [0.29, 0.717) is 6.42 Å². The minimum Gasteiger partial charge on any atom is -0.508 e. The van der Waals surface area contributed by atoms with Gasteiger partial charge in [-0.2, -0.15) is 5.10 Å². The number of hydrogen-bond acceptors (Lipinski definition) is 4. The van der Waals surface area contributed by atoms with Gasteiger partial charge < -0.3 is 10.8 Å². The van der Waals surface area contributed by atoms with Crippen molar-refractivity contribution in [2.24, 2.45) is 12.8 Å². The van der Waals surface area contributed by atoms with E-state index in [9.17, 15) is 5.11 Å². The average molecular weight is 274 g/mol. The van der Waals surface area contributed by atoms with Gasteiger partial charge in [-0.05, 0) is 24.1 Å². The molecule has 0 amide bonds. The lowest BCUT2D eigenvalue weighted by atomic mass is 9.96. The number of nitrogens with zero attached hydrogens (tertiary/aromatic N) is 3. The smallest absolute Gasteiger partial charge is 0.156 e. The van der Waals surface area contributed by atoms with Gasteiger partial charge in [0, 0.05) is 12.5 Å². The molecule has 108 valence electrons. The van der Waals surface area contributed by atoms with E-state index in [1.54, 1.807) is 16.8 Å². The Bertz CT molecular complexity index is 581. The highest BCUT2D eigenvalue weighted by atomic mass is 16.3. The fraction of sp³-hybridized carbons (Fsp3) is 0.467. The van der Waals surface area contributed by atoms with Crippen molar-refractivity contribution >= 4 is 0 Å². The summed E-state index contributed by atoms with van der Waals surface area (Å²) in [5, 5.41) is 13.7. The molecule has 0 radical (unpaired) electrons. The molecule has 0 spiro atoms. The van der Waals surface area contributed by atoms with Crippen LogP contribution < -0.4 is 5.73 Å². The van der Waals surface area contributed by atoms with Crippen molar-refractivity contribution in [3.05, 3.63) is 41.5 Å². The predicted octanol–water partition coefficient (Wildman–Crippen LogP) is 2.06. The molecule has 0 saturated carbocycles. The van der Waals surface area contributed by atoms with Crippen LogP contribution in [0.5, 0.6) is 5.75 Å². The molecule has 0 aliphatic rings. The van der Waals surface area contributed by atoms with Crippen molar-refractivity contribution in [2.45, 2.75) is 38.6 Å². The van der Waals surface area contributed by atoms with Crippen molar-refractivity contribution in [1.29, 1.82) is 0 Å².